The summed E-state index contributed by atoms with van der Waals surface area (Å²) in [4.78, 5) is 6.39. The molecule has 0 saturated carbocycles. The van der Waals surface area contributed by atoms with Crippen LogP contribution in [-0.2, 0) is 0 Å². The van der Waals surface area contributed by atoms with Crippen molar-refractivity contribution < 1.29 is 0 Å². The zero-order valence-electron chi connectivity index (χ0n) is 9.91. The molecule has 0 saturated heterocycles. The second-order valence-corrected chi connectivity index (χ2v) is 4.29. The van der Waals surface area contributed by atoms with Crippen LogP contribution in [0.2, 0.25) is 0 Å². The van der Waals surface area contributed by atoms with Crippen LogP contribution in [0.5, 0.6) is 0 Å². The Morgan fingerprint density at radius 2 is 2.00 bits per heavy atom. The second-order valence-electron chi connectivity index (χ2n) is 4.29. The van der Waals surface area contributed by atoms with Gasteiger partial charge in [-0.2, -0.15) is 5.26 Å². The maximum absolute atomic E-state index is 8.95. The average molecular weight is 236 g/mol. The van der Waals surface area contributed by atoms with Crippen molar-refractivity contribution in [3.05, 3.63) is 41.6 Å². The van der Waals surface area contributed by atoms with Crippen LogP contribution in [0.3, 0.4) is 0 Å². The molecule has 0 spiro atoms. The number of anilines is 1. The highest BCUT2D eigenvalue weighted by Crippen LogP contribution is 2.32. The number of hydrogen-bond acceptors (Lipinski definition) is 2. The van der Waals surface area contributed by atoms with Gasteiger partial charge in [0.15, 0.2) is 0 Å². The molecule has 3 aromatic rings. The minimum Gasteiger partial charge on any atom is -0.384 e. The summed E-state index contributed by atoms with van der Waals surface area (Å²) in [5, 5.41) is 10.1. The standard InChI is InChI=1S/C14H12N4/c1-8-13(10-4-2-3-5-11(10)17-8)12-6-9(7-15)14(16)18-12/h2-6,17-18H,16H2,1H3. The lowest BCUT2D eigenvalue weighted by atomic mass is 10.1. The molecule has 4 heteroatoms. The first-order chi connectivity index (χ1) is 8.70. The highest BCUT2D eigenvalue weighted by atomic mass is 14.9. The van der Waals surface area contributed by atoms with E-state index in [0.29, 0.717) is 11.4 Å². The average Bonchev–Trinajstić information content (AvgIpc) is 2.88. The van der Waals surface area contributed by atoms with E-state index in [0.717, 1.165) is 27.9 Å². The van der Waals surface area contributed by atoms with E-state index in [4.69, 9.17) is 11.0 Å². The number of nitrogens with zero attached hydrogens (tertiary/aromatic N) is 1. The van der Waals surface area contributed by atoms with Gasteiger partial charge < -0.3 is 15.7 Å². The van der Waals surface area contributed by atoms with Gasteiger partial charge in [0, 0.05) is 22.2 Å². The molecule has 18 heavy (non-hydrogen) atoms. The van der Waals surface area contributed by atoms with Crippen molar-refractivity contribution in [3.8, 4) is 17.3 Å². The number of nitrogens with one attached hydrogen (secondary N) is 2. The number of rotatable bonds is 1. The number of nitrogens with two attached hydrogens (primary N) is 1. The molecule has 0 fully saturated rings. The lowest BCUT2D eigenvalue weighted by Crippen LogP contribution is -1.87. The first kappa shape index (κ1) is 10.5. The van der Waals surface area contributed by atoms with E-state index < -0.39 is 0 Å². The van der Waals surface area contributed by atoms with Gasteiger partial charge >= 0.3 is 0 Å². The Morgan fingerprint density at radius 3 is 2.72 bits per heavy atom. The third-order valence-electron chi connectivity index (χ3n) is 3.13. The van der Waals surface area contributed by atoms with Gasteiger partial charge in [-0.1, -0.05) is 18.2 Å². The minimum absolute atomic E-state index is 0.414. The minimum atomic E-state index is 0.414. The van der Waals surface area contributed by atoms with Crippen LogP contribution in [0, 0.1) is 18.3 Å². The van der Waals surface area contributed by atoms with Crippen LogP contribution in [0.4, 0.5) is 5.82 Å². The molecule has 3 rings (SSSR count). The number of H-pyrrole nitrogens is 2. The molecule has 0 aliphatic carbocycles. The van der Waals surface area contributed by atoms with E-state index in [2.05, 4.69) is 22.1 Å². The van der Waals surface area contributed by atoms with Gasteiger partial charge in [0.2, 0.25) is 0 Å². The van der Waals surface area contributed by atoms with Crippen molar-refractivity contribution in [2.24, 2.45) is 0 Å². The summed E-state index contributed by atoms with van der Waals surface area (Å²) in [6.07, 6.45) is 0. The lowest BCUT2D eigenvalue weighted by molar-refractivity contribution is 1.29. The predicted octanol–water partition coefficient (Wildman–Crippen LogP) is 2.93. The number of hydrogen-bond donors (Lipinski definition) is 3. The lowest BCUT2D eigenvalue weighted by Gasteiger charge is -1.97. The molecule has 4 N–H and O–H groups in total. The van der Waals surface area contributed by atoms with Gasteiger partial charge in [0.05, 0.1) is 11.3 Å². The number of aryl methyl sites for hydroxylation is 1. The summed E-state index contributed by atoms with van der Waals surface area (Å²) in [6.45, 7) is 2.01. The van der Waals surface area contributed by atoms with E-state index >= 15 is 0 Å². The zero-order chi connectivity index (χ0) is 12.7. The third-order valence-corrected chi connectivity index (χ3v) is 3.13. The van der Waals surface area contributed by atoms with Crippen LogP contribution >= 0.6 is 0 Å². The van der Waals surface area contributed by atoms with Crippen LogP contribution in [0.15, 0.2) is 30.3 Å². The van der Waals surface area contributed by atoms with Crippen molar-refractivity contribution >= 4 is 16.7 Å². The number of aromatic amines is 2. The normalized spacial score (nSPS) is 10.7. The number of para-hydroxylation sites is 1. The van der Waals surface area contributed by atoms with Crippen LogP contribution in [-0.4, -0.2) is 9.97 Å². The van der Waals surface area contributed by atoms with Crippen molar-refractivity contribution in [1.29, 1.82) is 5.26 Å². The molecule has 0 atom stereocenters. The summed E-state index contributed by atoms with van der Waals surface area (Å²) >= 11 is 0. The molecule has 2 heterocycles. The van der Waals surface area contributed by atoms with Crippen molar-refractivity contribution in [3.63, 3.8) is 0 Å². The van der Waals surface area contributed by atoms with Gasteiger partial charge in [0.25, 0.3) is 0 Å². The molecule has 1 aromatic carbocycles. The van der Waals surface area contributed by atoms with Gasteiger partial charge in [-0.3, -0.25) is 0 Å². The second kappa shape index (κ2) is 3.67. The SMILES string of the molecule is Cc1[nH]c2ccccc2c1-c1cc(C#N)c(N)[nH]1. The van der Waals surface area contributed by atoms with E-state index in [1.54, 1.807) is 6.07 Å². The van der Waals surface area contributed by atoms with Gasteiger partial charge in [0.1, 0.15) is 11.9 Å². The van der Waals surface area contributed by atoms with Crippen molar-refractivity contribution in [1.82, 2.24) is 9.97 Å². The maximum Gasteiger partial charge on any atom is 0.119 e. The van der Waals surface area contributed by atoms with Crippen LogP contribution in [0.1, 0.15) is 11.3 Å². The predicted molar refractivity (Wildman–Crippen MR) is 71.9 cm³/mol. The maximum atomic E-state index is 8.95. The Hall–Kier alpha value is -2.67. The van der Waals surface area contributed by atoms with Crippen LogP contribution in [0.25, 0.3) is 22.2 Å². The van der Waals surface area contributed by atoms with E-state index in [1.165, 1.54) is 0 Å². The Balaban J connectivity index is 2.31. The molecule has 88 valence electrons. The number of nitrogen functional groups attached to an aromatic ring is 1. The molecule has 0 aliphatic rings. The monoisotopic (exact) mass is 236 g/mol. The number of benzene rings is 1. The molecule has 2 aromatic heterocycles. The third kappa shape index (κ3) is 1.38. The van der Waals surface area contributed by atoms with E-state index in [-0.39, 0.29) is 0 Å². The van der Waals surface area contributed by atoms with Crippen molar-refractivity contribution in [2.45, 2.75) is 6.92 Å². The Kier molecular flexibility index (Phi) is 2.14. The highest BCUT2D eigenvalue weighted by Gasteiger charge is 2.13. The number of aromatic nitrogens is 2. The molecule has 0 amide bonds. The first-order valence-corrected chi connectivity index (χ1v) is 5.67. The summed E-state index contributed by atoms with van der Waals surface area (Å²) in [5.74, 6) is 0.414. The van der Waals surface area contributed by atoms with Crippen molar-refractivity contribution in [2.75, 3.05) is 5.73 Å². The fourth-order valence-corrected chi connectivity index (χ4v) is 2.32. The largest absolute Gasteiger partial charge is 0.384 e. The molecule has 0 bridgehead atoms. The summed E-state index contributed by atoms with van der Waals surface area (Å²) < 4.78 is 0. The Bertz CT molecular complexity index is 771. The van der Waals surface area contributed by atoms with Crippen LogP contribution < -0.4 is 5.73 Å². The zero-order valence-corrected chi connectivity index (χ0v) is 9.91. The number of nitriles is 1. The molecular formula is C14H12N4. The topological polar surface area (TPSA) is 81.4 Å². The fraction of sp³-hybridized carbons (Fsp3) is 0.0714. The molecule has 0 unspecified atom stereocenters. The molecule has 0 aliphatic heterocycles. The van der Waals surface area contributed by atoms with Gasteiger partial charge in [-0.05, 0) is 19.1 Å². The fourth-order valence-electron chi connectivity index (χ4n) is 2.32. The summed E-state index contributed by atoms with van der Waals surface area (Å²) in [7, 11) is 0. The number of fused-ring (bicyclic) bond motifs is 1. The Labute approximate surface area is 104 Å². The highest BCUT2D eigenvalue weighted by molar-refractivity contribution is 5.97. The Morgan fingerprint density at radius 1 is 1.22 bits per heavy atom. The van der Waals surface area contributed by atoms with E-state index in [9.17, 15) is 0 Å². The molecule has 4 nitrogen and oxygen atoms in total. The first-order valence-electron chi connectivity index (χ1n) is 5.67. The molecular weight excluding hydrogens is 224 g/mol. The molecule has 0 radical (unpaired) electrons. The smallest absolute Gasteiger partial charge is 0.119 e. The summed E-state index contributed by atoms with van der Waals surface area (Å²) in [5.41, 5.74) is 10.3. The van der Waals surface area contributed by atoms with E-state index in [1.807, 2.05) is 25.1 Å². The summed E-state index contributed by atoms with van der Waals surface area (Å²) in [6, 6.07) is 11.9. The quantitative estimate of drug-likeness (QED) is 0.607. The van der Waals surface area contributed by atoms with Gasteiger partial charge in [-0.25, -0.2) is 0 Å². The van der Waals surface area contributed by atoms with Gasteiger partial charge in [-0.15, -0.1) is 0 Å².